The third kappa shape index (κ3) is 3.56. The smallest absolute Gasteiger partial charge is 0.328 e. The van der Waals surface area contributed by atoms with E-state index in [1.165, 1.54) is 12.5 Å². The maximum atomic E-state index is 10.5. The van der Waals surface area contributed by atoms with Crippen LogP contribution in [0.1, 0.15) is 11.4 Å². The summed E-state index contributed by atoms with van der Waals surface area (Å²) in [7, 11) is 0. The molecule has 0 spiro atoms. The molecule has 2 rings (SSSR count). The summed E-state index contributed by atoms with van der Waals surface area (Å²) in [5.41, 5.74) is 0.482. The summed E-state index contributed by atoms with van der Waals surface area (Å²) < 4.78 is 10.1. The number of ether oxygens (including phenoxy) is 1. The molecule has 1 heterocycles. The van der Waals surface area contributed by atoms with E-state index in [0.29, 0.717) is 22.2 Å². The van der Waals surface area contributed by atoms with Crippen molar-refractivity contribution >= 4 is 23.6 Å². The molecule has 2 aromatic rings. The highest BCUT2D eigenvalue weighted by molar-refractivity contribution is 6.32. The van der Waals surface area contributed by atoms with Crippen LogP contribution in [0.2, 0.25) is 5.02 Å². The van der Waals surface area contributed by atoms with Gasteiger partial charge in [0.1, 0.15) is 5.75 Å². The first kappa shape index (κ1) is 13.1. The number of carboxylic acid groups (broad SMARTS) is 1. The van der Waals surface area contributed by atoms with Gasteiger partial charge in [0, 0.05) is 11.6 Å². The molecule has 0 bridgehead atoms. The zero-order valence-corrected chi connectivity index (χ0v) is 10.4. The van der Waals surface area contributed by atoms with Crippen molar-refractivity contribution < 1.29 is 19.2 Å². The Hall–Kier alpha value is -2.34. The van der Waals surface area contributed by atoms with Crippen molar-refractivity contribution in [3.05, 3.63) is 47.1 Å². The summed E-state index contributed by atoms with van der Waals surface area (Å²) in [6, 6.07) is 5.02. The van der Waals surface area contributed by atoms with E-state index < -0.39 is 5.97 Å². The molecule has 98 valence electrons. The minimum atomic E-state index is -1.07. The third-order valence-corrected chi connectivity index (χ3v) is 2.50. The lowest BCUT2D eigenvalue weighted by Crippen LogP contribution is -1.99. The Morgan fingerprint density at radius 3 is 3.05 bits per heavy atom. The van der Waals surface area contributed by atoms with E-state index >= 15 is 0 Å². The second kappa shape index (κ2) is 6.01. The van der Waals surface area contributed by atoms with Crippen molar-refractivity contribution in [1.82, 2.24) is 10.1 Å². The number of aromatic nitrogens is 2. The minimum absolute atomic E-state index is 0.102. The Morgan fingerprint density at radius 2 is 2.37 bits per heavy atom. The van der Waals surface area contributed by atoms with Crippen LogP contribution in [0.5, 0.6) is 5.75 Å². The summed E-state index contributed by atoms with van der Waals surface area (Å²) >= 11 is 6.00. The van der Waals surface area contributed by atoms with Crippen LogP contribution < -0.4 is 4.74 Å². The summed E-state index contributed by atoms with van der Waals surface area (Å²) in [5, 5.41) is 12.6. The highest BCUT2D eigenvalue weighted by atomic mass is 35.5. The van der Waals surface area contributed by atoms with E-state index in [-0.39, 0.29) is 6.61 Å². The van der Waals surface area contributed by atoms with E-state index in [1.54, 1.807) is 18.2 Å². The van der Waals surface area contributed by atoms with Crippen LogP contribution in [0.3, 0.4) is 0 Å². The standard InChI is InChI=1S/C12H9ClN2O4/c13-9-2-1-3-10(8(9)4-5-12(16)17)18-6-11-14-7-19-15-11/h1-5,7H,6H2,(H,16,17)/b5-4+. The second-order valence-corrected chi connectivity index (χ2v) is 3.87. The molecule has 6 nitrogen and oxygen atoms in total. The van der Waals surface area contributed by atoms with Crippen molar-refractivity contribution in [3.8, 4) is 5.75 Å². The fourth-order valence-corrected chi connectivity index (χ4v) is 1.59. The lowest BCUT2D eigenvalue weighted by atomic mass is 10.2. The van der Waals surface area contributed by atoms with Crippen LogP contribution in [0, 0.1) is 0 Å². The Kier molecular flexibility index (Phi) is 4.15. The average molecular weight is 281 g/mol. The largest absolute Gasteiger partial charge is 0.485 e. The molecule has 0 saturated carbocycles. The number of benzene rings is 1. The molecule has 1 aromatic heterocycles. The topological polar surface area (TPSA) is 85.5 Å². The molecule has 0 atom stereocenters. The number of carboxylic acids is 1. The van der Waals surface area contributed by atoms with Crippen LogP contribution in [0.15, 0.2) is 35.2 Å². The number of halogens is 1. The molecule has 0 radical (unpaired) electrons. The van der Waals surface area contributed by atoms with E-state index in [1.807, 2.05) is 0 Å². The number of carbonyl (C=O) groups is 1. The summed E-state index contributed by atoms with van der Waals surface area (Å²) in [4.78, 5) is 14.3. The van der Waals surface area contributed by atoms with Gasteiger partial charge in [-0.15, -0.1) is 0 Å². The predicted molar refractivity (Wildman–Crippen MR) is 66.8 cm³/mol. The van der Waals surface area contributed by atoms with Crippen LogP contribution in [0.4, 0.5) is 0 Å². The maximum absolute atomic E-state index is 10.5. The molecule has 19 heavy (non-hydrogen) atoms. The number of nitrogens with zero attached hydrogens (tertiary/aromatic N) is 2. The van der Waals surface area contributed by atoms with Gasteiger partial charge in [-0.2, -0.15) is 4.98 Å². The predicted octanol–water partition coefficient (Wildman–Crippen LogP) is 2.40. The third-order valence-electron chi connectivity index (χ3n) is 2.17. The molecular formula is C12H9ClN2O4. The summed E-state index contributed by atoms with van der Waals surface area (Å²) in [6.07, 6.45) is 3.56. The number of aliphatic carboxylic acids is 1. The van der Waals surface area contributed by atoms with Crippen LogP contribution in [0.25, 0.3) is 6.08 Å². The van der Waals surface area contributed by atoms with Gasteiger partial charge in [-0.3, -0.25) is 0 Å². The Labute approximate surface area is 113 Å². The monoisotopic (exact) mass is 280 g/mol. The molecular weight excluding hydrogens is 272 g/mol. The lowest BCUT2D eigenvalue weighted by molar-refractivity contribution is -0.131. The van der Waals surface area contributed by atoms with Crippen molar-refractivity contribution in [2.75, 3.05) is 0 Å². The molecule has 7 heteroatoms. The molecule has 0 aliphatic rings. The van der Waals surface area contributed by atoms with Crippen molar-refractivity contribution in [1.29, 1.82) is 0 Å². The average Bonchev–Trinajstić information content (AvgIpc) is 2.88. The van der Waals surface area contributed by atoms with Gasteiger partial charge in [0.15, 0.2) is 6.61 Å². The molecule has 1 aromatic carbocycles. The Balaban J connectivity index is 2.19. The summed E-state index contributed by atoms with van der Waals surface area (Å²) in [5.74, 6) is -0.244. The first-order chi connectivity index (χ1) is 9.16. The fourth-order valence-electron chi connectivity index (χ4n) is 1.36. The van der Waals surface area contributed by atoms with E-state index in [9.17, 15) is 4.79 Å². The highest BCUT2D eigenvalue weighted by Gasteiger charge is 2.07. The number of hydrogen-bond donors (Lipinski definition) is 1. The van der Waals surface area contributed by atoms with Crippen molar-refractivity contribution in [2.24, 2.45) is 0 Å². The Morgan fingerprint density at radius 1 is 1.53 bits per heavy atom. The van der Waals surface area contributed by atoms with Gasteiger partial charge in [-0.25, -0.2) is 4.79 Å². The van der Waals surface area contributed by atoms with E-state index in [4.69, 9.17) is 21.4 Å². The molecule has 0 unspecified atom stereocenters. The zero-order valence-electron chi connectivity index (χ0n) is 9.62. The van der Waals surface area contributed by atoms with Gasteiger partial charge in [0.25, 0.3) is 0 Å². The SMILES string of the molecule is O=C(O)/C=C/c1c(Cl)cccc1OCc1ncon1. The lowest BCUT2D eigenvalue weighted by Gasteiger charge is -2.08. The minimum Gasteiger partial charge on any atom is -0.485 e. The van der Waals surface area contributed by atoms with Gasteiger partial charge in [-0.1, -0.05) is 22.8 Å². The first-order valence-electron chi connectivity index (χ1n) is 5.24. The van der Waals surface area contributed by atoms with Crippen LogP contribution >= 0.6 is 11.6 Å². The molecule has 0 amide bonds. The highest BCUT2D eigenvalue weighted by Crippen LogP contribution is 2.28. The molecule has 0 aliphatic carbocycles. The molecule has 0 aliphatic heterocycles. The molecule has 1 N–H and O–H groups in total. The zero-order chi connectivity index (χ0) is 13.7. The van der Waals surface area contributed by atoms with Gasteiger partial charge in [0.05, 0.1) is 5.02 Å². The van der Waals surface area contributed by atoms with E-state index in [2.05, 4.69) is 14.7 Å². The maximum Gasteiger partial charge on any atom is 0.328 e. The number of hydrogen-bond acceptors (Lipinski definition) is 5. The molecule has 0 fully saturated rings. The van der Waals surface area contributed by atoms with Gasteiger partial charge in [0.2, 0.25) is 12.2 Å². The van der Waals surface area contributed by atoms with Gasteiger partial charge in [-0.05, 0) is 18.2 Å². The van der Waals surface area contributed by atoms with E-state index in [0.717, 1.165) is 6.08 Å². The quantitative estimate of drug-likeness (QED) is 0.847. The van der Waals surface area contributed by atoms with Gasteiger partial charge >= 0.3 is 5.97 Å². The van der Waals surface area contributed by atoms with Gasteiger partial charge < -0.3 is 14.4 Å². The fraction of sp³-hybridized carbons (Fsp3) is 0.0833. The van der Waals surface area contributed by atoms with Crippen molar-refractivity contribution in [2.45, 2.75) is 6.61 Å². The normalized spacial score (nSPS) is 10.8. The van der Waals surface area contributed by atoms with Crippen LogP contribution in [-0.2, 0) is 11.4 Å². The molecule has 0 saturated heterocycles. The van der Waals surface area contributed by atoms with Crippen molar-refractivity contribution in [3.63, 3.8) is 0 Å². The first-order valence-corrected chi connectivity index (χ1v) is 5.62. The number of rotatable bonds is 5. The second-order valence-electron chi connectivity index (χ2n) is 3.46. The van der Waals surface area contributed by atoms with Crippen LogP contribution in [-0.4, -0.2) is 21.2 Å². The summed E-state index contributed by atoms with van der Waals surface area (Å²) in [6.45, 7) is 0.102. The Bertz CT molecular complexity index is 596.